The van der Waals surface area contributed by atoms with Gasteiger partial charge in [0.2, 0.25) is 10.0 Å². The van der Waals surface area contributed by atoms with Crippen LogP contribution < -0.4 is 10.2 Å². The molecule has 2 aromatic carbocycles. The Balaban J connectivity index is 1.38. The van der Waals surface area contributed by atoms with Crippen molar-refractivity contribution in [3.8, 4) is 0 Å². The van der Waals surface area contributed by atoms with Crippen LogP contribution in [0.4, 0.5) is 10.2 Å². The summed E-state index contributed by atoms with van der Waals surface area (Å²) in [5.41, 5.74) is 1.30. The third-order valence-electron chi connectivity index (χ3n) is 5.86. The Morgan fingerprint density at radius 2 is 1.75 bits per heavy atom. The van der Waals surface area contributed by atoms with Gasteiger partial charge < -0.3 is 10.2 Å². The molecule has 0 bridgehead atoms. The van der Waals surface area contributed by atoms with Gasteiger partial charge in [0.05, 0.1) is 16.0 Å². The van der Waals surface area contributed by atoms with Gasteiger partial charge in [-0.05, 0) is 43.2 Å². The Labute approximate surface area is 185 Å². The van der Waals surface area contributed by atoms with Gasteiger partial charge in [-0.25, -0.2) is 17.8 Å². The minimum absolute atomic E-state index is 0.0474. The van der Waals surface area contributed by atoms with Crippen LogP contribution in [0.2, 0.25) is 0 Å². The molecule has 1 saturated carbocycles. The number of nitrogens with one attached hydrogen (secondary N) is 1. The van der Waals surface area contributed by atoms with Crippen LogP contribution >= 0.6 is 0 Å². The summed E-state index contributed by atoms with van der Waals surface area (Å²) in [5.74, 6) is -0.0470. The molecular weight excluding hydrogens is 431 g/mol. The zero-order valence-corrected chi connectivity index (χ0v) is 18.2. The first-order chi connectivity index (χ1) is 15.4. The number of fused-ring (bicyclic) bond motifs is 1. The van der Waals surface area contributed by atoms with Crippen LogP contribution in [0.15, 0.2) is 59.5 Å². The van der Waals surface area contributed by atoms with Crippen LogP contribution in [0.5, 0.6) is 0 Å². The van der Waals surface area contributed by atoms with Gasteiger partial charge in [-0.1, -0.05) is 24.3 Å². The molecule has 1 aliphatic heterocycles. The first-order valence-corrected chi connectivity index (χ1v) is 12.1. The predicted molar refractivity (Wildman–Crippen MR) is 120 cm³/mol. The number of hydrogen-bond donors (Lipinski definition) is 1. The van der Waals surface area contributed by atoms with E-state index in [0.29, 0.717) is 24.5 Å². The number of hydrogen-bond acceptors (Lipinski definition) is 5. The van der Waals surface area contributed by atoms with Crippen molar-refractivity contribution in [1.82, 2.24) is 14.6 Å². The lowest BCUT2D eigenvalue weighted by atomic mass is 10.1. The Kier molecular flexibility index (Phi) is 5.30. The van der Waals surface area contributed by atoms with E-state index in [1.54, 1.807) is 6.07 Å². The zero-order valence-electron chi connectivity index (χ0n) is 17.4. The smallest absolute Gasteiger partial charge is 0.252 e. The topological polar surface area (TPSA) is 82.6 Å². The van der Waals surface area contributed by atoms with E-state index in [1.807, 2.05) is 29.2 Å². The fourth-order valence-electron chi connectivity index (χ4n) is 3.94. The van der Waals surface area contributed by atoms with E-state index >= 15 is 0 Å². The van der Waals surface area contributed by atoms with Crippen molar-refractivity contribution in [3.63, 3.8) is 0 Å². The van der Waals surface area contributed by atoms with Crippen LogP contribution in [-0.4, -0.2) is 55.8 Å². The second kappa shape index (κ2) is 8.14. The van der Waals surface area contributed by atoms with Crippen molar-refractivity contribution in [2.24, 2.45) is 0 Å². The van der Waals surface area contributed by atoms with Gasteiger partial charge >= 0.3 is 0 Å². The van der Waals surface area contributed by atoms with Crippen molar-refractivity contribution < 1.29 is 17.6 Å². The minimum atomic E-state index is -3.77. The minimum Gasteiger partial charge on any atom is -0.354 e. The highest BCUT2D eigenvalue weighted by Gasteiger charge is 2.30. The molecule has 7 nitrogen and oxygen atoms in total. The van der Waals surface area contributed by atoms with Gasteiger partial charge in [0.1, 0.15) is 11.6 Å². The number of anilines is 1. The molecule has 0 spiro atoms. The molecule has 1 aromatic heterocycles. The number of piperazine rings is 1. The lowest BCUT2D eigenvalue weighted by Crippen LogP contribution is -2.49. The Morgan fingerprint density at radius 3 is 2.47 bits per heavy atom. The molecule has 0 radical (unpaired) electrons. The number of halogens is 1. The number of nitrogens with zero attached hydrogens (tertiary/aromatic N) is 3. The summed E-state index contributed by atoms with van der Waals surface area (Å²) in [6, 6.07) is 14.6. The molecule has 1 saturated heterocycles. The molecule has 2 heterocycles. The molecule has 166 valence electrons. The van der Waals surface area contributed by atoms with Gasteiger partial charge in [-0.3, -0.25) is 4.79 Å². The van der Waals surface area contributed by atoms with E-state index in [2.05, 4.69) is 5.32 Å². The normalized spacial score (nSPS) is 17.5. The monoisotopic (exact) mass is 454 g/mol. The van der Waals surface area contributed by atoms with E-state index in [4.69, 9.17) is 4.98 Å². The molecule has 3 aromatic rings. The van der Waals surface area contributed by atoms with Crippen LogP contribution in [0.25, 0.3) is 10.9 Å². The number of sulfonamides is 1. The molecule has 5 rings (SSSR count). The highest BCUT2D eigenvalue weighted by molar-refractivity contribution is 7.89. The first-order valence-electron chi connectivity index (χ1n) is 10.6. The third-order valence-corrected chi connectivity index (χ3v) is 7.75. The average molecular weight is 455 g/mol. The number of aromatic nitrogens is 1. The summed E-state index contributed by atoms with van der Waals surface area (Å²) in [5, 5.41) is 3.83. The highest BCUT2D eigenvalue weighted by atomic mass is 32.2. The highest BCUT2D eigenvalue weighted by Crippen LogP contribution is 2.27. The molecule has 0 unspecified atom stereocenters. The molecule has 1 N–H and O–H groups in total. The summed E-state index contributed by atoms with van der Waals surface area (Å²) in [7, 11) is -3.77. The summed E-state index contributed by atoms with van der Waals surface area (Å²) in [6.45, 7) is 1.33. The summed E-state index contributed by atoms with van der Waals surface area (Å²) in [6.07, 6.45) is 2.01. The van der Waals surface area contributed by atoms with Gasteiger partial charge in [-0.15, -0.1) is 0 Å². The number of rotatable bonds is 5. The molecule has 0 atom stereocenters. The standard InChI is InChI=1S/C23H23FN4O3S/c24-16-4-3-5-18(14-16)32(30,31)28-12-10-27(11-13-28)22-15-20(23(29)25-17-8-9-17)19-6-1-2-7-21(19)26-22/h1-7,14-15,17H,8-13H2,(H,25,29). The maximum absolute atomic E-state index is 13.5. The van der Waals surface area contributed by atoms with Crippen LogP contribution in [0.3, 0.4) is 0 Å². The fraction of sp³-hybridized carbons (Fsp3) is 0.304. The van der Waals surface area contributed by atoms with E-state index < -0.39 is 15.8 Å². The van der Waals surface area contributed by atoms with E-state index in [1.165, 1.54) is 22.5 Å². The molecule has 32 heavy (non-hydrogen) atoms. The summed E-state index contributed by atoms with van der Waals surface area (Å²) in [4.78, 5) is 19.5. The molecule has 2 fully saturated rings. The Bertz CT molecular complexity index is 1290. The van der Waals surface area contributed by atoms with E-state index in [-0.39, 0.29) is 29.9 Å². The quantitative estimate of drug-likeness (QED) is 0.641. The van der Waals surface area contributed by atoms with Crippen LogP contribution in [0, 0.1) is 5.82 Å². The predicted octanol–water partition coefficient (Wildman–Crippen LogP) is 2.78. The molecule has 2 aliphatic rings. The number of carbonyl (C=O) groups excluding carboxylic acids is 1. The van der Waals surface area contributed by atoms with Crippen molar-refractivity contribution in [3.05, 3.63) is 66.0 Å². The second-order valence-electron chi connectivity index (χ2n) is 8.14. The van der Waals surface area contributed by atoms with Gasteiger partial charge in [-0.2, -0.15) is 4.31 Å². The Hall–Kier alpha value is -3.04. The first kappa shape index (κ1) is 20.8. The Morgan fingerprint density at radius 1 is 1.00 bits per heavy atom. The maximum atomic E-state index is 13.5. The third kappa shape index (κ3) is 4.05. The number of benzene rings is 2. The molecule has 9 heteroatoms. The van der Waals surface area contributed by atoms with Crippen molar-refractivity contribution in [2.75, 3.05) is 31.1 Å². The van der Waals surface area contributed by atoms with Crippen molar-refractivity contribution >= 4 is 32.7 Å². The molecule has 1 amide bonds. The maximum Gasteiger partial charge on any atom is 0.252 e. The zero-order chi connectivity index (χ0) is 22.3. The van der Waals surface area contributed by atoms with Crippen molar-refractivity contribution in [1.29, 1.82) is 0 Å². The summed E-state index contributed by atoms with van der Waals surface area (Å²) < 4.78 is 40.7. The number of para-hydroxylation sites is 1. The van der Waals surface area contributed by atoms with Gasteiger partial charge in [0.15, 0.2) is 0 Å². The molecular formula is C23H23FN4O3S. The summed E-state index contributed by atoms with van der Waals surface area (Å²) >= 11 is 0. The van der Waals surface area contributed by atoms with Crippen molar-refractivity contribution in [2.45, 2.75) is 23.8 Å². The lowest BCUT2D eigenvalue weighted by molar-refractivity contribution is 0.0952. The second-order valence-corrected chi connectivity index (χ2v) is 10.1. The van der Waals surface area contributed by atoms with Gasteiger partial charge in [0.25, 0.3) is 5.91 Å². The fourth-order valence-corrected chi connectivity index (χ4v) is 5.39. The SMILES string of the molecule is O=C(NC1CC1)c1cc(N2CCN(S(=O)(=O)c3cccc(F)c3)CC2)nc2ccccc12. The average Bonchev–Trinajstić information content (AvgIpc) is 3.62. The number of amides is 1. The molecule has 1 aliphatic carbocycles. The largest absolute Gasteiger partial charge is 0.354 e. The van der Waals surface area contributed by atoms with Gasteiger partial charge in [0, 0.05) is 37.6 Å². The van der Waals surface area contributed by atoms with E-state index in [9.17, 15) is 17.6 Å². The van der Waals surface area contributed by atoms with Crippen LogP contribution in [-0.2, 0) is 10.0 Å². The lowest BCUT2D eigenvalue weighted by Gasteiger charge is -2.35. The number of pyridine rings is 1. The van der Waals surface area contributed by atoms with Crippen LogP contribution in [0.1, 0.15) is 23.2 Å². The van der Waals surface area contributed by atoms with E-state index in [0.717, 1.165) is 29.8 Å². The number of carbonyl (C=O) groups is 1.